The van der Waals surface area contributed by atoms with Gasteiger partial charge < -0.3 is 15.0 Å². The summed E-state index contributed by atoms with van der Waals surface area (Å²) in [5.41, 5.74) is 2.60. The molecule has 0 saturated heterocycles. The maximum absolute atomic E-state index is 13.1. The Labute approximate surface area is 146 Å². The number of hydrogen-bond acceptors (Lipinski definition) is 4. The quantitative estimate of drug-likeness (QED) is 0.925. The minimum atomic E-state index is -0.260. The van der Waals surface area contributed by atoms with Gasteiger partial charge in [0.1, 0.15) is 23.9 Å². The molecule has 1 aliphatic rings. The molecule has 132 valence electrons. The van der Waals surface area contributed by atoms with E-state index in [-0.39, 0.29) is 17.8 Å². The smallest absolute Gasteiger partial charge is 0.240 e. The number of nitrogens with zero attached hydrogens (tertiary/aromatic N) is 2. The lowest BCUT2D eigenvalue weighted by Crippen LogP contribution is -2.44. The number of aromatic nitrogens is 1. The number of hydrogen-bond donors (Lipinski definition) is 1. The first-order valence-electron chi connectivity index (χ1n) is 8.44. The van der Waals surface area contributed by atoms with Crippen LogP contribution in [0.4, 0.5) is 15.9 Å². The molecule has 1 aliphatic heterocycles. The van der Waals surface area contributed by atoms with Crippen LogP contribution in [0.2, 0.25) is 0 Å². The molecule has 3 rings (SSSR count). The molecule has 1 atom stereocenters. The lowest BCUT2D eigenvalue weighted by Gasteiger charge is -2.34. The van der Waals surface area contributed by atoms with Crippen LogP contribution in [0.15, 0.2) is 30.3 Å². The average molecular weight is 343 g/mol. The predicted octanol–water partition coefficient (Wildman–Crippen LogP) is 3.38. The molecule has 0 aliphatic carbocycles. The summed E-state index contributed by atoms with van der Waals surface area (Å²) >= 11 is 0. The number of nitrogens with one attached hydrogen (secondary N) is 1. The number of amides is 1. The van der Waals surface area contributed by atoms with Crippen molar-refractivity contribution in [2.24, 2.45) is 0 Å². The summed E-state index contributed by atoms with van der Waals surface area (Å²) in [5, 5.41) is 3.24. The van der Waals surface area contributed by atoms with Crippen LogP contribution in [0.5, 0.6) is 5.88 Å². The molecule has 0 saturated carbocycles. The van der Waals surface area contributed by atoms with Gasteiger partial charge in [0.15, 0.2) is 0 Å². The number of benzene rings is 1. The molecule has 1 unspecified atom stereocenters. The minimum absolute atomic E-state index is 0.0391. The van der Waals surface area contributed by atoms with Gasteiger partial charge in [-0.05, 0) is 37.6 Å². The fraction of sp³-hybridized carbons (Fsp3) is 0.368. The molecule has 1 aromatic carbocycles. The van der Waals surface area contributed by atoms with Crippen molar-refractivity contribution in [2.75, 3.05) is 23.4 Å². The highest BCUT2D eigenvalue weighted by atomic mass is 19.1. The standard InChI is InChI=1S/C19H22FN3O2/c1-4-21-18-15(9-14-5-7-16(20)8-6-14)10-17-19(22-18)25-11-12(2)23(17)13(3)24/h5-8,10,12H,4,9,11H2,1-3H3,(H,21,22). The lowest BCUT2D eigenvalue weighted by molar-refractivity contribution is -0.117. The Hall–Kier alpha value is -2.63. The maximum Gasteiger partial charge on any atom is 0.240 e. The summed E-state index contributed by atoms with van der Waals surface area (Å²) in [5.74, 6) is 0.891. The average Bonchev–Trinajstić information content (AvgIpc) is 2.57. The van der Waals surface area contributed by atoms with Crippen molar-refractivity contribution >= 4 is 17.4 Å². The molecule has 5 nitrogen and oxygen atoms in total. The van der Waals surface area contributed by atoms with Crippen molar-refractivity contribution in [1.82, 2.24) is 4.98 Å². The van der Waals surface area contributed by atoms with E-state index in [2.05, 4.69) is 10.3 Å². The van der Waals surface area contributed by atoms with E-state index in [0.717, 1.165) is 23.5 Å². The molecule has 6 heteroatoms. The van der Waals surface area contributed by atoms with Crippen molar-refractivity contribution in [3.05, 3.63) is 47.3 Å². The van der Waals surface area contributed by atoms with Gasteiger partial charge in [0.05, 0.1) is 6.04 Å². The third kappa shape index (κ3) is 3.57. The molecule has 0 spiro atoms. The number of pyridine rings is 1. The summed E-state index contributed by atoms with van der Waals surface area (Å²) in [4.78, 5) is 18.4. The molecule has 25 heavy (non-hydrogen) atoms. The normalized spacial score (nSPS) is 16.2. The zero-order chi connectivity index (χ0) is 18.0. The van der Waals surface area contributed by atoms with Crippen LogP contribution in [0.3, 0.4) is 0 Å². The van der Waals surface area contributed by atoms with E-state index in [1.165, 1.54) is 12.1 Å². The Balaban J connectivity index is 2.03. The third-order valence-corrected chi connectivity index (χ3v) is 4.20. The van der Waals surface area contributed by atoms with Crippen LogP contribution >= 0.6 is 0 Å². The zero-order valence-electron chi connectivity index (χ0n) is 14.7. The Kier molecular flexibility index (Phi) is 4.88. The van der Waals surface area contributed by atoms with Gasteiger partial charge in [-0.2, -0.15) is 4.98 Å². The molecule has 1 amide bonds. The fourth-order valence-corrected chi connectivity index (χ4v) is 3.07. The first kappa shape index (κ1) is 17.2. The van der Waals surface area contributed by atoms with E-state index in [4.69, 9.17) is 4.74 Å². The van der Waals surface area contributed by atoms with E-state index in [1.807, 2.05) is 19.9 Å². The Bertz CT molecular complexity index is 777. The second-order valence-corrected chi connectivity index (χ2v) is 6.20. The van der Waals surface area contributed by atoms with Crippen molar-refractivity contribution < 1.29 is 13.9 Å². The number of carbonyl (C=O) groups is 1. The molecular formula is C19H22FN3O2. The number of carbonyl (C=O) groups excluding carboxylic acids is 1. The van der Waals surface area contributed by atoms with E-state index in [0.29, 0.717) is 24.6 Å². The fourth-order valence-electron chi connectivity index (χ4n) is 3.07. The van der Waals surface area contributed by atoms with Gasteiger partial charge in [-0.25, -0.2) is 4.39 Å². The number of halogens is 1. The second-order valence-electron chi connectivity index (χ2n) is 6.20. The molecule has 1 aromatic heterocycles. The van der Waals surface area contributed by atoms with Gasteiger partial charge in [0.2, 0.25) is 11.8 Å². The van der Waals surface area contributed by atoms with Crippen molar-refractivity contribution in [3.8, 4) is 5.88 Å². The number of anilines is 2. The van der Waals surface area contributed by atoms with Crippen molar-refractivity contribution in [2.45, 2.75) is 33.2 Å². The van der Waals surface area contributed by atoms with E-state index >= 15 is 0 Å². The van der Waals surface area contributed by atoms with Crippen LogP contribution < -0.4 is 15.0 Å². The second kappa shape index (κ2) is 7.09. The molecule has 1 N–H and O–H groups in total. The van der Waals surface area contributed by atoms with Crippen LogP contribution in [0.25, 0.3) is 0 Å². The number of rotatable bonds is 4. The largest absolute Gasteiger partial charge is 0.474 e. The zero-order valence-corrected chi connectivity index (χ0v) is 14.7. The van der Waals surface area contributed by atoms with Crippen molar-refractivity contribution in [1.29, 1.82) is 0 Å². The van der Waals surface area contributed by atoms with Gasteiger partial charge in [-0.1, -0.05) is 12.1 Å². The van der Waals surface area contributed by atoms with Gasteiger partial charge in [-0.15, -0.1) is 0 Å². The van der Waals surface area contributed by atoms with Gasteiger partial charge in [0.25, 0.3) is 0 Å². The minimum Gasteiger partial charge on any atom is -0.474 e. The summed E-state index contributed by atoms with van der Waals surface area (Å²) in [6.07, 6.45) is 0.586. The summed E-state index contributed by atoms with van der Waals surface area (Å²) in [7, 11) is 0. The predicted molar refractivity (Wildman–Crippen MR) is 95.7 cm³/mol. The highest BCUT2D eigenvalue weighted by Gasteiger charge is 2.29. The molecule has 0 bridgehead atoms. The highest BCUT2D eigenvalue weighted by molar-refractivity contribution is 5.94. The molecule has 0 radical (unpaired) electrons. The molecular weight excluding hydrogens is 321 g/mol. The van der Waals surface area contributed by atoms with Crippen LogP contribution in [0, 0.1) is 5.82 Å². The molecule has 0 fully saturated rings. The third-order valence-electron chi connectivity index (χ3n) is 4.20. The molecule has 2 heterocycles. The van der Waals surface area contributed by atoms with E-state index in [1.54, 1.807) is 24.0 Å². The van der Waals surface area contributed by atoms with Crippen LogP contribution in [-0.4, -0.2) is 30.1 Å². The van der Waals surface area contributed by atoms with Crippen LogP contribution in [0.1, 0.15) is 31.9 Å². The summed E-state index contributed by atoms with van der Waals surface area (Å²) in [6.45, 7) is 6.62. The number of fused-ring (bicyclic) bond motifs is 1. The summed E-state index contributed by atoms with van der Waals surface area (Å²) in [6, 6.07) is 8.30. The Morgan fingerprint density at radius 3 is 2.76 bits per heavy atom. The lowest BCUT2D eigenvalue weighted by atomic mass is 10.0. The van der Waals surface area contributed by atoms with Gasteiger partial charge in [0, 0.05) is 25.5 Å². The van der Waals surface area contributed by atoms with Crippen molar-refractivity contribution in [3.63, 3.8) is 0 Å². The SMILES string of the molecule is CCNc1nc2c(cc1Cc1ccc(F)cc1)N(C(C)=O)C(C)CO2. The van der Waals surface area contributed by atoms with E-state index in [9.17, 15) is 9.18 Å². The monoisotopic (exact) mass is 343 g/mol. The Morgan fingerprint density at radius 1 is 1.40 bits per heavy atom. The highest BCUT2D eigenvalue weighted by Crippen LogP contribution is 2.36. The first-order valence-corrected chi connectivity index (χ1v) is 8.44. The topological polar surface area (TPSA) is 54.5 Å². The first-order chi connectivity index (χ1) is 12.0. The van der Waals surface area contributed by atoms with E-state index < -0.39 is 0 Å². The van der Waals surface area contributed by atoms with Gasteiger partial charge in [-0.3, -0.25) is 4.79 Å². The van der Waals surface area contributed by atoms with Gasteiger partial charge >= 0.3 is 0 Å². The van der Waals surface area contributed by atoms with Crippen LogP contribution in [-0.2, 0) is 11.2 Å². The Morgan fingerprint density at radius 2 is 2.12 bits per heavy atom. The maximum atomic E-state index is 13.1. The number of ether oxygens (including phenoxy) is 1. The summed E-state index contributed by atoms with van der Waals surface area (Å²) < 4.78 is 18.9. The molecule has 2 aromatic rings.